The summed E-state index contributed by atoms with van der Waals surface area (Å²) in [7, 11) is -2.67. The second-order valence-corrected chi connectivity index (χ2v) is 6.12. The summed E-state index contributed by atoms with van der Waals surface area (Å²) < 4.78 is 31.6. The number of fused-ring (bicyclic) bond motifs is 2. The molecule has 98 valence electrons. The Hall–Kier alpha value is -0.860. The monoisotopic (exact) mass is 263 g/mol. The van der Waals surface area contributed by atoms with E-state index in [4.69, 9.17) is 5.73 Å². The molecule has 0 saturated carbocycles. The van der Waals surface area contributed by atoms with Gasteiger partial charge in [-0.15, -0.1) is 0 Å². The lowest BCUT2D eigenvalue weighted by molar-refractivity contribution is 0.174. The van der Waals surface area contributed by atoms with Crippen LogP contribution in [-0.4, -0.2) is 44.1 Å². The highest BCUT2D eigenvalue weighted by Gasteiger charge is 2.46. The van der Waals surface area contributed by atoms with E-state index >= 15 is 0 Å². The van der Waals surface area contributed by atoms with Gasteiger partial charge in [0.1, 0.15) is 0 Å². The maximum absolute atomic E-state index is 12.0. The van der Waals surface area contributed by atoms with Crippen molar-refractivity contribution in [3.05, 3.63) is 0 Å². The summed E-state index contributed by atoms with van der Waals surface area (Å²) in [5, 5.41) is 0. The van der Waals surface area contributed by atoms with Gasteiger partial charge in [-0.25, -0.2) is 9.52 Å². The second-order valence-electron chi connectivity index (χ2n) is 4.55. The fraction of sp³-hybridized carbons (Fsp3) is 0.889. The first-order valence-electron chi connectivity index (χ1n) is 5.59. The van der Waals surface area contributed by atoms with E-state index in [0.29, 0.717) is 12.8 Å². The molecule has 2 rings (SSSR count). The van der Waals surface area contributed by atoms with Crippen LogP contribution in [0.1, 0.15) is 25.7 Å². The standard InChI is InChI=1S/C9H17N3O4S/c1-16-9(13)11-17(14,15)12-7-2-3-8(12)5-6(10)4-7/h6-8H,2-5,10H2,1H3,(H,11,13). The second kappa shape index (κ2) is 4.43. The third-order valence-electron chi connectivity index (χ3n) is 3.38. The molecular weight excluding hydrogens is 246 g/mol. The minimum absolute atomic E-state index is 0.0528. The molecule has 2 atom stereocenters. The SMILES string of the molecule is COC(=O)NS(=O)(=O)N1C2CCC1CC(N)C2. The Morgan fingerprint density at radius 3 is 2.35 bits per heavy atom. The number of carbonyl (C=O) groups excluding carboxylic acids is 1. The van der Waals surface area contributed by atoms with Crippen LogP contribution in [0, 0.1) is 0 Å². The van der Waals surface area contributed by atoms with E-state index in [-0.39, 0.29) is 18.1 Å². The fourth-order valence-corrected chi connectivity index (χ4v) is 4.34. The largest absolute Gasteiger partial charge is 0.452 e. The van der Waals surface area contributed by atoms with Gasteiger partial charge >= 0.3 is 16.3 Å². The van der Waals surface area contributed by atoms with Crippen LogP contribution in [0.4, 0.5) is 4.79 Å². The first-order valence-corrected chi connectivity index (χ1v) is 7.03. The van der Waals surface area contributed by atoms with E-state index in [1.807, 2.05) is 4.72 Å². The molecular formula is C9H17N3O4S. The van der Waals surface area contributed by atoms with Crippen molar-refractivity contribution >= 4 is 16.3 Å². The van der Waals surface area contributed by atoms with Crippen molar-refractivity contribution in [1.29, 1.82) is 0 Å². The Morgan fingerprint density at radius 1 is 1.35 bits per heavy atom. The number of hydrogen-bond donors (Lipinski definition) is 2. The minimum Gasteiger partial charge on any atom is -0.452 e. The number of methoxy groups -OCH3 is 1. The Bertz CT molecular complexity index is 396. The van der Waals surface area contributed by atoms with E-state index < -0.39 is 16.3 Å². The molecule has 0 aromatic heterocycles. The van der Waals surface area contributed by atoms with Gasteiger partial charge in [0.15, 0.2) is 0 Å². The van der Waals surface area contributed by atoms with Gasteiger partial charge in [-0.1, -0.05) is 0 Å². The normalized spacial score (nSPS) is 33.4. The molecule has 7 nitrogen and oxygen atoms in total. The van der Waals surface area contributed by atoms with E-state index in [1.54, 1.807) is 0 Å². The number of nitrogens with two attached hydrogens (primary N) is 1. The number of rotatable bonds is 2. The molecule has 17 heavy (non-hydrogen) atoms. The van der Waals surface area contributed by atoms with Crippen molar-refractivity contribution in [2.24, 2.45) is 5.73 Å². The van der Waals surface area contributed by atoms with E-state index in [2.05, 4.69) is 4.74 Å². The molecule has 2 heterocycles. The van der Waals surface area contributed by atoms with Crippen molar-refractivity contribution in [2.45, 2.75) is 43.8 Å². The predicted octanol–water partition coefficient (Wildman–Crippen LogP) is -0.459. The smallest absolute Gasteiger partial charge is 0.421 e. The highest BCUT2D eigenvalue weighted by Crippen LogP contribution is 2.36. The Kier molecular flexibility index (Phi) is 3.28. The molecule has 2 aliphatic rings. The quantitative estimate of drug-likeness (QED) is 0.702. The van der Waals surface area contributed by atoms with Crippen molar-refractivity contribution in [2.75, 3.05) is 7.11 Å². The maximum Gasteiger partial charge on any atom is 0.421 e. The van der Waals surface area contributed by atoms with Gasteiger partial charge in [0.2, 0.25) is 0 Å². The molecule has 0 aromatic rings. The van der Waals surface area contributed by atoms with Crippen LogP contribution in [0.5, 0.6) is 0 Å². The van der Waals surface area contributed by atoms with Gasteiger partial charge in [-0.05, 0) is 25.7 Å². The van der Waals surface area contributed by atoms with Crippen molar-refractivity contribution in [3.8, 4) is 0 Å². The summed E-state index contributed by atoms with van der Waals surface area (Å²) in [5.74, 6) is 0. The summed E-state index contributed by atoms with van der Waals surface area (Å²) in [4.78, 5) is 11.0. The van der Waals surface area contributed by atoms with E-state index in [9.17, 15) is 13.2 Å². The van der Waals surface area contributed by atoms with Crippen molar-refractivity contribution in [3.63, 3.8) is 0 Å². The van der Waals surface area contributed by atoms with Crippen LogP contribution in [0.2, 0.25) is 0 Å². The average Bonchev–Trinajstić information content (AvgIpc) is 2.52. The van der Waals surface area contributed by atoms with Crippen molar-refractivity contribution in [1.82, 2.24) is 9.03 Å². The number of piperidine rings is 1. The van der Waals surface area contributed by atoms with Crippen LogP contribution >= 0.6 is 0 Å². The molecule has 0 aliphatic carbocycles. The first kappa shape index (κ1) is 12.6. The van der Waals surface area contributed by atoms with Crippen LogP contribution in [0.3, 0.4) is 0 Å². The Balaban J connectivity index is 2.15. The zero-order chi connectivity index (χ0) is 12.6. The van der Waals surface area contributed by atoms with Gasteiger partial charge < -0.3 is 10.5 Å². The molecule has 0 radical (unpaired) electrons. The first-order chi connectivity index (χ1) is 7.94. The molecule has 0 aromatic carbocycles. The lowest BCUT2D eigenvalue weighted by Gasteiger charge is -2.35. The summed E-state index contributed by atoms with van der Waals surface area (Å²) in [6, 6.07) is -0.131. The number of hydrogen-bond acceptors (Lipinski definition) is 5. The molecule has 3 N–H and O–H groups in total. The summed E-state index contributed by atoms with van der Waals surface area (Å²) in [6.45, 7) is 0. The molecule has 1 amide bonds. The van der Waals surface area contributed by atoms with E-state index in [0.717, 1.165) is 20.0 Å². The zero-order valence-electron chi connectivity index (χ0n) is 9.63. The van der Waals surface area contributed by atoms with Crippen molar-refractivity contribution < 1.29 is 17.9 Å². The minimum atomic E-state index is -3.80. The van der Waals surface area contributed by atoms with Crippen LogP contribution < -0.4 is 10.5 Å². The highest BCUT2D eigenvalue weighted by atomic mass is 32.2. The lowest BCUT2D eigenvalue weighted by atomic mass is 10.0. The molecule has 8 heteroatoms. The highest BCUT2D eigenvalue weighted by molar-refractivity contribution is 7.87. The zero-order valence-corrected chi connectivity index (χ0v) is 10.4. The molecule has 2 bridgehead atoms. The number of carbonyl (C=O) groups is 1. The number of nitrogens with zero attached hydrogens (tertiary/aromatic N) is 1. The number of amides is 1. The van der Waals surface area contributed by atoms with Gasteiger partial charge in [-0.2, -0.15) is 12.7 Å². The average molecular weight is 263 g/mol. The maximum atomic E-state index is 12.0. The van der Waals surface area contributed by atoms with Crippen LogP contribution in [0.25, 0.3) is 0 Å². The van der Waals surface area contributed by atoms with Crippen LogP contribution in [-0.2, 0) is 14.9 Å². The third kappa shape index (κ3) is 2.38. The number of ether oxygens (including phenoxy) is 1. The molecule has 2 unspecified atom stereocenters. The Labute approximate surface area is 100 Å². The molecule has 2 aliphatic heterocycles. The predicted molar refractivity (Wildman–Crippen MR) is 60.3 cm³/mol. The molecule has 2 fully saturated rings. The fourth-order valence-electron chi connectivity index (χ4n) is 2.77. The van der Waals surface area contributed by atoms with Crippen LogP contribution in [0.15, 0.2) is 0 Å². The molecule has 0 spiro atoms. The van der Waals surface area contributed by atoms with Gasteiger partial charge in [0.05, 0.1) is 7.11 Å². The third-order valence-corrected chi connectivity index (χ3v) is 4.95. The molecule has 2 saturated heterocycles. The van der Waals surface area contributed by atoms with Gasteiger partial charge in [0, 0.05) is 18.1 Å². The number of nitrogens with one attached hydrogen (secondary N) is 1. The Morgan fingerprint density at radius 2 is 1.88 bits per heavy atom. The summed E-state index contributed by atoms with van der Waals surface area (Å²) in [5.41, 5.74) is 5.85. The van der Waals surface area contributed by atoms with E-state index in [1.165, 1.54) is 4.31 Å². The topological polar surface area (TPSA) is 102 Å². The van der Waals surface area contributed by atoms with Gasteiger partial charge in [0.25, 0.3) is 0 Å². The summed E-state index contributed by atoms with van der Waals surface area (Å²) in [6.07, 6.45) is 1.96. The summed E-state index contributed by atoms with van der Waals surface area (Å²) >= 11 is 0. The lowest BCUT2D eigenvalue weighted by Crippen LogP contribution is -2.54. The van der Waals surface area contributed by atoms with Gasteiger partial charge in [-0.3, -0.25) is 0 Å².